The van der Waals surface area contributed by atoms with E-state index in [2.05, 4.69) is 48.9 Å². The summed E-state index contributed by atoms with van der Waals surface area (Å²) in [6.45, 7) is 2.62. The molecule has 4 heterocycles. The van der Waals surface area contributed by atoms with Crippen molar-refractivity contribution < 1.29 is 13.2 Å². The average Bonchev–Trinajstić information content (AvgIpc) is 3.47. The van der Waals surface area contributed by atoms with Crippen LogP contribution in [0.5, 0.6) is 0 Å². The number of hydrogen-bond donors (Lipinski definition) is 1. The van der Waals surface area contributed by atoms with Gasteiger partial charge in [0.1, 0.15) is 5.69 Å². The molecule has 0 spiro atoms. The molecule has 1 unspecified atom stereocenters. The van der Waals surface area contributed by atoms with Gasteiger partial charge in [0.2, 0.25) is 5.89 Å². The molecular formula is C22H19F2N7O. The van der Waals surface area contributed by atoms with Crippen LogP contribution in [-0.4, -0.2) is 50.4 Å². The number of nitrogens with one attached hydrogen (secondary N) is 1. The molecule has 32 heavy (non-hydrogen) atoms. The summed E-state index contributed by atoms with van der Waals surface area (Å²) in [5.41, 5.74) is 4.63. The Balaban J connectivity index is 1.15. The molecule has 2 fully saturated rings. The van der Waals surface area contributed by atoms with Gasteiger partial charge in [-0.3, -0.25) is 0 Å². The summed E-state index contributed by atoms with van der Waals surface area (Å²) < 4.78 is 32.0. The summed E-state index contributed by atoms with van der Waals surface area (Å²) in [5, 5.41) is 19.0. The van der Waals surface area contributed by atoms with Crippen molar-refractivity contribution in [2.45, 2.75) is 25.1 Å². The van der Waals surface area contributed by atoms with Gasteiger partial charge >= 0.3 is 6.43 Å². The summed E-state index contributed by atoms with van der Waals surface area (Å²) in [6.07, 6.45) is -0.861. The molecule has 4 aromatic rings. The molecule has 2 aromatic heterocycles. The lowest BCUT2D eigenvalue weighted by Gasteiger charge is -2.57. The molecule has 0 bridgehead atoms. The van der Waals surface area contributed by atoms with Crippen LogP contribution in [0, 0.1) is 0 Å². The topological polar surface area (TPSA) is 84.9 Å². The Kier molecular flexibility index (Phi) is 4.46. The molecule has 1 N–H and O–H groups in total. The van der Waals surface area contributed by atoms with E-state index in [-0.39, 0.29) is 5.89 Å². The zero-order valence-corrected chi connectivity index (χ0v) is 16.9. The molecule has 0 radical (unpaired) electrons. The lowest BCUT2D eigenvalue weighted by molar-refractivity contribution is 0.116. The summed E-state index contributed by atoms with van der Waals surface area (Å²) in [6, 6.07) is 16.9. The Morgan fingerprint density at radius 1 is 1.06 bits per heavy atom. The number of hydrogen-bond acceptors (Lipinski definition) is 7. The molecule has 2 saturated heterocycles. The maximum Gasteiger partial charge on any atom is 0.314 e. The average molecular weight is 435 g/mol. The SMILES string of the molecule is FC(F)c1nnc(-c2ccc(Cn3cc(-c4cccc(N5CC6NC[C@H]65)c4)nn3)cc2)o1. The van der Waals surface area contributed by atoms with Crippen molar-refractivity contribution in [1.82, 2.24) is 30.5 Å². The first kappa shape index (κ1) is 19.1. The third kappa shape index (κ3) is 3.32. The molecule has 0 amide bonds. The molecule has 6 rings (SSSR count). The monoisotopic (exact) mass is 435 g/mol. The standard InChI is InChI=1S/C22H19F2N7O/c23-20(24)22-28-27-21(32-22)14-6-4-13(5-7-14)10-30-11-17(26-29-30)15-2-1-3-16(8-15)31-12-18-19(31)9-25-18/h1-8,11,18-20,25H,9-10,12H2/t18?,19-/m1/s1. The molecule has 2 aliphatic heterocycles. The molecule has 8 nitrogen and oxygen atoms in total. The zero-order chi connectivity index (χ0) is 21.7. The second-order valence-electron chi connectivity index (χ2n) is 8.03. The number of rotatable bonds is 6. The van der Waals surface area contributed by atoms with Crippen LogP contribution in [-0.2, 0) is 6.54 Å². The Hall–Kier alpha value is -3.66. The van der Waals surface area contributed by atoms with Crippen LogP contribution < -0.4 is 10.2 Å². The van der Waals surface area contributed by atoms with E-state index in [0.717, 1.165) is 29.9 Å². The molecule has 162 valence electrons. The van der Waals surface area contributed by atoms with E-state index in [4.69, 9.17) is 4.42 Å². The fraction of sp³-hybridized carbons (Fsp3) is 0.273. The highest BCUT2D eigenvalue weighted by Gasteiger charge is 2.45. The lowest BCUT2D eigenvalue weighted by atomic mass is 9.88. The first-order valence-electron chi connectivity index (χ1n) is 10.4. The molecule has 2 atom stereocenters. The Morgan fingerprint density at radius 2 is 1.94 bits per heavy atom. The van der Waals surface area contributed by atoms with Crippen LogP contribution in [0.4, 0.5) is 14.5 Å². The van der Waals surface area contributed by atoms with Crippen molar-refractivity contribution >= 4 is 5.69 Å². The van der Waals surface area contributed by atoms with Gasteiger partial charge in [-0.2, -0.15) is 8.78 Å². The predicted molar refractivity (Wildman–Crippen MR) is 112 cm³/mol. The van der Waals surface area contributed by atoms with Crippen molar-refractivity contribution in [1.29, 1.82) is 0 Å². The maximum absolute atomic E-state index is 12.6. The molecule has 2 aromatic carbocycles. The summed E-state index contributed by atoms with van der Waals surface area (Å²) in [7, 11) is 0. The first-order chi connectivity index (χ1) is 15.6. The fourth-order valence-electron chi connectivity index (χ4n) is 4.14. The van der Waals surface area contributed by atoms with Gasteiger partial charge in [-0.25, -0.2) is 4.68 Å². The largest absolute Gasteiger partial charge is 0.415 e. The summed E-state index contributed by atoms with van der Waals surface area (Å²) in [4.78, 5) is 2.42. The van der Waals surface area contributed by atoms with E-state index < -0.39 is 12.3 Å². The van der Waals surface area contributed by atoms with Gasteiger partial charge in [0.05, 0.1) is 18.8 Å². The minimum atomic E-state index is -2.78. The van der Waals surface area contributed by atoms with Crippen molar-refractivity contribution in [2.24, 2.45) is 0 Å². The van der Waals surface area contributed by atoms with Gasteiger partial charge in [-0.1, -0.05) is 29.5 Å². The van der Waals surface area contributed by atoms with E-state index in [1.807, 2.05) is 24.4 Å². The molecule has 0 aliphatic carbocycles. The van der Waals surface area contributed by atoms with Gasteiger partial charge in [0.25, 0.3) is 5.89 Å². The van der Waals surface area contributed by atoms with Crippen LogP contribution in [0.25, 0.3) is 22.7 Å². The second-order valence-corrected chi connectivity index (χ2v) is 8.03. The Bertz CT molecular complexity index is 1250. The second kappa shape index (κ2) is 7.49. The van der Waals surface area contributed by atoms with Crippen molar-refractivity contribution in [2.75, 3.05) is 18.0 Å². The number of fused-ring (bicyclic) bond motifs is 1. The summed E-state index contributed by atoms with van der Waals surface area (Å²) >= 11 is 0. The van der Waals surface area contributed by atoms with Gasteiger partial charge in [-0.15, -0.1) is 15.3 Å². The molecular weight excluding hydrogens is 416 g/mol. The summed E-state index contributed by atoms with van der Waals surface area (Å²) in [5.74, 6) is -0.609. The van der Waals surface area contributed by atoms with E-state index in [1.165, 1.54) is 5.69 Å². The van der Waals surface area contributed by atoms with Gasteiger partial charge < -0.3 is 14.6 Å². The molecule has 10 heteroatoms. The third-order valence-electron chi connectivity index (χ3n) is 6.03. The van der Waals surface area contributed by atoms with Gasteiger partial charge in [0.15, 0.2) is 0 Å². The van der Waals surface area contributed by atoms with E-state index in [0.29, 0.717) is 24.2 Å². The normalized spacial score (nSPS) is 19.5. The number of piperazine rings is 1. The van der Waals surface area contributed by atoms with Crippen LogP contribution in [0.15, 0.2) is 59.1 Å². The Labute approximate surface area is 181 Å². The Morgan fingerprint density at radius 3 is 2.62 bits per heavy atom. The smallest absolute Gasteiger partial charge is 0.314 e. The van der Waals surface area contributed by atoms with E-state index in [9.17, 15) is 8.78 Å². The van der Waals surface area contributed by atoms with Crippen molar-refractivity contribution in [3.63, 3.8) is 0 Å². The highest BCUT2D eigenvalue weighted by atomic mass is 19.3. The highest BCUT2D eigenvalue weighted by Crippen LogP contribution is 2.33. The predicted octanol–water partition coefficient (Wildman–Crippen LogP) is 3.14. The molecule has 0 saturated carbocycles. The highest BCUT2D eigenvalue weighted by molar-refractivity contribution is 5.66. The molecule has 2 aliphatic rings. The quantitative estimate of drug-likeness (QED) is 0.498. The minimum Gasteiger partial charge on any atom is -0.415 e. The third-order valence-corrected chi connectivity index (χ3v) is 6.03. The van der Waals surface area contributed by atoms with Crippen LogP contribution >= 0.6 is 0 Å². The van der Waals surface area contributed by atoms with Crippen molar-refractivity contribution in [3.8, 4) is 22.7 Å². The van der Waals surface area contributed by atoms with Crippen LogP contribution in [0.3, 0.4) is 0 Å². The zero-order valence-electron chi connectivity index (χ0n) is 16.9. The number of anilines is 1. The van der Waals surface area contributed by atoms with Crippen LogP contribution in [0.2, 0.25) is 0 Å². The number of alkyl halides is 2. The van der Waals surface area contributed by atoms with Gasteiger partial charge in [0, 0.05) is 35.9 Å². The number of benzene rings is 2. The minimum absolute atomic E-state index is 0.0704. The van der Waals surface area contributed by atoms with Crippen molar-refractivity contribution in [3.05, 3.63) is 66.2 Å². The fourth-order valence-corrected chi connectivity index (χ4v) is 4.14. The first-order valence-corrected chi connectivity index (χ1v) is 10.4. The van der Waals surface area contributed by atoms with E-state index >= 15 is 0 Å². The van der Waals surface area contributed by atoms with Crippen LogP contribution in [0.1, 0.15) is 17.9 Å². The number of aromatic nitrogens is 5. The number of nitrogens with zero attached hydrogens (tertiary/aromatic N) is 6. The lowest BCUT2D eigenvalue weighted by Crippen LogP contribution is -2.78. The number of halogens is 2. The van der Waals surface area contributed by atoms with Gasteiger partial charge in [-0.05, 0) is 29.8 Å². The van der Waals surface area contributed by atoms with E-state index in [1.54, 1.807) is 16.8 Å². The maximum atomic E-state index is 12.6.